The van der Waals surface area contributed by atoms with E-state index in [4.69, 9.17) is 4.74 Å². The summed E-state index contributed by atoms with van der Waals surface area (Å²) in [5, 5.41) is 6.73. The van der Waals surface area contributed by atoms with Gasteiger partial charge in [0.2, 0.25) is 0 Å². The molecule has 1 aliphatic heterocycles. The molecule has 0 spiro atoms. The molecule has 1 aliphatic rings. The molecule has 0 aliphatic carbocycles. The maximum absolute atomic E-state index is 5.58. The first-order chi connectivity index (χ1) is 7.45. The first-order valence-electron chi connectivity index (χ1n) is 5.60. The molecule has 3 N–H and O–H groups in total. The lowest BCUT2D eigenvalue weighted by Gasteiger charge is -2.23. The van der Waals surface area contributed by atoms with Crippen molar-refractivity contribution in [2.75, 3.05) is 32.8 Å². The van der Waals surface area contributed by atoms with Crippen molar-refractivity contribution in [3.63, 3.8) is 0 Å². The quantitative estimate of drug-likeness (QED) is 0.604. The van der Waals surface area contributed by atoms with E-state index in [0.29, 0.717) is 6.10 Å². The molecule has 1 aromatic heterocycles. The summed E-state index contributed by atoms with van der Waals surface area (Å²) in [6.07, 6.45) is 5.41. The molecule has 1 atom stereocenters. The van der Waals surface area contributed by atoms with Crippen LogP contribution in [-0.4, -0.2) is 43.9 Å². The van der Waals surface area contributed by atoms with Gasteiger partial charge in [0.25, 0.3) is 0 Å². The Hall–Kier alpha value is -0.840. The zero-order valence-corrected chi connectivity index (χ0v) is 8.96. The second-order valence-corrected chi connectivity index (χ2v) is 3.87. The summed E-state index contributed by atoms with van der Waals surface area (Å²) in [6.45, 7) is 4.75. The fourth-order valence-corrected chi connectivity index (χ4v) is 1.76. The summed E-state index contributed by atoms with van der Waals surface area (Å²) < 4.78 is 5.58. The van der Waals surface area contributed by atoms with Gasteiger partial charge in [-0.2, -0.15) is 0 Å². The Morgan fingerprint density at radius 2 is 2.53 bits per heavy atom. The molecule has 4 heteroatoms. The van der Waals surface area contributed by atoms with Crippen molar-refractivity contribution in [1.29, 1.82) is 0 Å². The molecule has 0 bridgehead atoms. The van der Waals surface area contributed by atoms with Gasteiger partial charge in [-0.1, -0.05) is 0 Å². The van der Waals surface area contributed by atoms with Gasteiger partial charge in [-0.05, 0) is 24.6 Å². The number of morpholine rings is 1. The van der Waals surface area contributed by atoms with E-state index >= 15 is 0 Å². The molecule has 1 unspecified atom stereocenters. The molecule has 1 saturated heterocycles. The van der Waals surface area contributed by atoms with Crippen LogP contribution in [0.1, 0.15) is 5.56 Å². The first-order valence-corrected chi connectivity index (χ1v) is 5.60. The highest BCUT2D eigenvalue weighted by atomic mass is 16.5. The minimum atomic E-state index is 0.338. The number of H-pyrrole nitrogens is 1. The van der Waals surface area contributed by atoms with Crippen LogP contribution in [0.2, 0.25) is 0 Å². The predicted octanol–water partition coefficient (Wildman–Crippen LogP) is 0.135. The Morgan fingerprint density at radius 3 is 3.27 bits per heavy atom. The molecule has 0 aromatic carbocycles. The average Bonchev–Trinajstić information content (AvgIpc) is 2.79. The molecule has 2 heterocycles. The van der Waals surface area contributed by atoms with E-state index < -0.39 is 0 Å². The minimum absolute atomic E-state index is 0.338. The van der Waals surface area contributed by atoms with Crippen molar-refractivity contribution in [3.05, 3.63) is 24.0 Å². The van der Waals surface area contributed by atoms with E-state index in [1.165, 1.54) is 5.56 Å². The highest BCUT2D eigenvalue weighted by Crippen LogP contribution is 1.97. The van der Waals surface area contributed by atoms with Crippen molar-refractivity contribution >= 4 is 0 Å². The third-order valence-corrected chi connectivity index (χ3v) is 2.63. The first kappa shape index (κ1) is 10.7. The minimum Gasteiger partial charge on any atom is -0.374 e. The fraction of sp³-hybridized carbons (Fsp3) is 0.636. The second-order valence-electron chi connectivity index (χ2n) is 3.87. The van der Waals surface area contributed by atoms with Crippen LogP contribution in [0.15, 0.2) is 18.5 Å². The van der Waals surface area contributed by atoms with E-state index in [2.05, 4.69) is 21.7 Å². The van der Waals surface area contributed by atoms with Gasteiger partial charge in [-0.3, -0.25) is 0 Å². The van der Waals surface area contributed by atoms with Gasteiger partial charge in [-0.15, -0.1) is 0 Å². The molecule has 1 fully saturated rings. The van der Waals surface area contributed by atoms with Gasteiger partial charge >= 0.3 is 0 Å². The standard InChI is InChI=1S/C11H19N3O/c1-3-12-7-10(1)2-4-13-8-11-9-14-5-6-15-11/h1,3,7,11-14H,2,4-6,8-9H2. The summed E-state index contributed by atoms with van der Waals surface area (Å²) in [5.41, 5.74) is 1.35. The van der Waals surface area contributed by atoms with E-state index in [-0.39, 0.29) is 0 Å². The Labute approximate surface area is 90.4 Å². The summed E-state index contributed by atoms with van der Waals surface area (Å²) in [5.74, 6) is 0. The van der Waals surface area contributed by atoms with Crippen LogP contribution in [0.4, 0.5) is 0 Å². The van der Waals surface area contributed by atoms with Crippen LogP contribution in [-0.2, 0) is 11.2 Å². The summed E-state index contributed by atoms with van der Waals surface area (Å²) in [4.78, 5) is 3.06. The van der Waals surface area contributed by atoms with Crippen molar-refractivity contribution in [2.24, 2.45) is 0 Å². The SMILES string of the molecule is c1cc(CCNCC2CNCCO2)c[nH]1. The van der Waals surface area contributed by atoms with Gasteiger partial charge in [0.05, 0.1) is 12.7 Å². The number of rotatable bonds is 5. The van der Waals surface area contributed by atoms with Crippen molar-refractivity contribution in [1.82, 2.24) is 15.6 Å². The van der Waals surface area contributed by atoms with Gasteiger partial charge < -0.3 is 20.4 Å². The third-order valence-electron chi connectivity index (χ3n) is 2.63. The lowest BCUT2D eigenvalue weighted by molar-refractivity contribution is 0.0294. The average molecular weight is 209 g/mol. The molecule has 2 rings (SSSR count). The maximum Gasteiger partial charge on any atom is 0.0824 e. The molecule has 1 aromatic rings. The number of ether oxygens (including phenoxy) is 1. The molecule has 84 valence electrons. The highest BCUT2D eigenvalue weighted by molar-refractivity contribution is 5.08. The smallest absolute Gasteiger partial charge is 0.0824 e. The predicted molar refractivity (Wildman–Crippen MR) is 60.0 cm³/mol. The third kappa shape index (κ3) is 3.66. The van der Waals surface area contributed by atoms with Crippen LogP contribution in [0.25, 0.3) is 0 Å². The zero-order chi connectivity index (χ0) is 10.3. The van der Waals surface area contributed by atoms with E-state index in [1.807, 2.05) is 12.4 Å². The van der Waals surface area contributed by atoms with Crippen molar-refractivity contribution in [3.8, 4) is 0 Å². The normalized spacial score (nSPS) is 21.7. The summed E-state index contributed by atoms with van der Waals surface area (Å²) >= 11 is 0. The Balaban J connectivity index is 1.54. The molecule has 15 heavy (non-hydrogen) atoms. The molecule has 0 saturated carbocycles. The van der Waals surface area contributed by atoms with Gasteiger partial charge in [-0.25, -0.2) is 0 Å². The van der Waals surface area contributed by atoms with Crippen LogP contribution >= 0.6 is 0 Å². The zero-order valence-electron chi connectivity index (χ0n) is 8.96. The second kappa shape index (κ2) is 5.90. The summed E-state index contributed by atoms with van der Waals surface area (Å²) in [6, 6.07) is 2.11. The summed E-state index contributed by atoms with van der Waals surface area (Å²) in [7, 11) is 0. The van der Waals surface area contributed by atoms with Crippen LogP contribution in [0.5, 0.6) is 0 Å². The molecule has 4 nitrogen and oxygen atoms in total. The van der Waals surface area contributed by atoms with Crippen LogP contribution < -0.4 is 10.6 Å². The number of hydrogen-bond acceptors (Lipinski definition) is 3. The lowest BCUT2D eigenvalue weighted by atomic mass is 10.2. The van der Waals surface area contributed by atoms with Crippen LogP contribution in [0, 0.1) is 0 Å². The van der Waals surface area contributed by atoms with Gasteiger partial charge in [0, 0.05) is 32.0 Å². The fourth-order valence-electron chi connectivity index (χ4n) is 1.76. The van der Waals surface area contributed by atoms with Gasteiger partial charge in [0.1, 0.15) is 0 Å². The van der Waals surface area contributed by atoms with E-state index in [0.717, 1.165) is 39.2 Å². The van der Waals surface area contributed by atoms with Crippen LogP contribution in [0.3, 0.4) is 0 Å². The van der Waals surface area contributed by atoms with E-state index in [9.17, 15) is 0 Å². The topological polar surface area (TPSA) is 49.1 Å². The number of nitrogens with one attached hydrogen (secondary N) is 3. The Kier molecular flexibility index (Phi) is 4.20. The highest BCUT2D eigenvalue weighted by Gasteiger charge is 2.11. The number of aromatic nitrogens is 1. The largest absolute Gasteiger partial charge is 0.374 e. The van der Waals surface area contributed by atoms with Crippen molar-refractivity contribution < 1.29 is 4.74 Å². The van der Waals surface area contributed by atoms with E-state index in [1.54, 1.807) is 0 Å². The van der Waals surface area contributed by atoms with Gasteiger partial charge in [0.15, 0.2) is 0 Å². The molecular formula is C11H19N3O. The lowest BCUT2D eigenvalue weighted by Crippen LogP contribution is -2.44. The molecule has 0 amide bonds. The van der Waals surface area contributed by atoms with Crippen molar-refractivity contribution in [2.45, 2.75) is 12.5 Å². The number of hydrogen-bond donors (Lipinski definition) is 3. The monoisotopic (exact) mass is 209 g/mol. The Bertz CT molecular complexity index is 255. The molecule has 0 radical (unpaired) electrons. The maximum atomic E-state index is 5.58. The number of aromatic amines is 1. The molecular weight excluding hydrogens is 190 g/mol. The Morgan fingerprint density at radius 1 is 1.53 bits per heavy atom.